The van der Waals surface area contributed by atoms with Crippen molar-refractivity contribution >= 4 is 39.0 Å². The van der Waals surface area contributed by atoms with Crippen molar-refractivity contribution in [3.63, 3.8) is 0 Å². The van der Waals surface area contributed by atoms with Gasteiger partial charge in [-0.15, -0.1) is 11.3 Å². The van der Waals surface area contributed by atoms with Crippen molar-refractivity contribution in [2.45, 2.75) is 6.42 Å². The molecule has 0 saturated heterocycles. The van der Waals surface area contributed by atoms with Gasteiger partial charge in [0.05, 0.1) is 17.9 Å². The molecule has 4 nitrogen and oxygen atoms in total. The Bertz CT molecular complexity index is 805. The number of benzene rings is 1. The maximum Gasteiger partial charge on any atom is 0.138 e. The molecule has 3 rings (SSSR count). The molecule has 0 unspecified atom stereocenters. The summed E-state index contributed by atoms with van der Waals surface area (Å²) in [6.07, 6.45) is 1.98. The van der Waals surface area contributed by atoms with E-state index in [4.69, 9.17) is 16.9 Å². The molecule has 2 aromatic heterocycles. The molecule has 0 atom stereocenters. The smallest absolute Gasteiger partial charge is 0.138 e. The van der Waals surface area contributed by atoms with Gasteiger partial charge >= 0.3 is 0 Å². The molecule has 1 aromatic carbocycles. The molecule has 0 aliphatic carbocycles. The van der Waals surface area contributed by atoms with E-state index in [9.17, 15) is 0 Å². The first kappa shape index (κ1) is 13.8. The molecule has 0 aliphatic rings. The van der Waals surface area contributed by atoms with Crippen LogP contribution in [0.1, 0.15) is 6.42 Å². The topological polar surface area (TPSA) is 61.6 Å². The Kier molecular flexibility index (Phi) is 4.00. The highest BCUT2D eigenvalue weighted by molar-refractivity contribution is 7.17. The van der Waals surface area contributed by atoms with Crippen LogP contribution in [-0.4, -0.2) is 16.5 Å². The van der Waals surface area contributed by atoms with Crippen LogP contribution in [0.15, 0.2) is 36.0 Å². The predicted octanol–water partition coefficient (Wildman–Crippen LogP) is 4.34. The van der Waals surface area contributed by atoms with Crippen LogP contribution in [0.4, 0.5) is 5.82 Å². The number of nitrogens with one attached hydrogen (secondary N) is 1. The lowest BCUT2D eigenvalue weighted by Gasteiger charge is -2.06. The van der Waals surface area contributed by atoms with Crippen molar-refractivity contribution in [2.75, 3.05) is 11.9 Å². The van der Waals surface area contributed by atoms with Gasteiger partial charge < -0.3 is 5.32 Å². The van der Waals surface area contributed by atoms with Gasteiger partial charge in [-0.05, 0) is 17.7 Å². The molecule has 0 saturated carbocycles. The molecule has 0 aliphatic heterocycles. The van der Waals surface area contributed by atoms with Crippen LogP contribution in [0.2, 0.25) is 5.02 Å². The second-order valence-corrected chi connectivity index (χ2v) is 5.69. The van der Waals surface area contributed by atoms with Crippen molar-refractivity contribution < 1.29 is 0 Å². The molecular weight excluding hydrogens is 304 g/mol. The van der Waals surface area contributed by atoms with Gasteiger partial charge in [-0.2, -0.15) is 5.26 Å². The summed E-state index contributed by atoms with van der Waals surface area (Å²) < 4.78 is 0. The molecule has 0 fully saturated rings. The molecule has 3 aromatic rings. The maximum atomic E-state index is 8.64. The van der Waals surface area contributed by atoms with Crippen LogP contribution in [-0.2, 0) is 0 Å². The van der Waals surface area contributed by atoms with Crippen molar-refractivity contribution in [3.8, 4) is 17.2 Å². The quantitative estimate of drug-likeness (QED) is 0.728. The standard InChI is InChI=1S/C15H11ClN4S/c16-11-4-2-10(3-5-11)12-8-21-15-13(12)14(19-9-20-15)18-7-1-6-17/h2-5,8-9H,1,7H2,(H,18,19,20). The van der Waals surface area contributed by atoms with Crippen LogP contribution in [0.5, 0.6) is 0 Å². The Morgan fingerprint density at radius 2 is 2.05 bits per heavy atom. The van der Waals surface area contributed by atoms with Gasteiger partial charge in [0.25, 0.3) is 0 Å². The molecule has 104 valence electrons. The summed E-state index contributed by atoms with van der Waals surface area (Å²) >= 11 is 7.52. The van der Waals surface area contributed by atoms with Crippen LogP contribution >= 0.6 is 22.9 Å². The van der Waals surface area contributed by atoms with Crippen LogP contribution in [0.3, 0.4) is 0 Å². The summed E-state index contributed by atoms with van der Waals surface area (Å²) in [5, 5.41) is 15.6. The Labute approximate surface area is 131 Å². The lowest BCUT2D eigenvalue weighted by molar-refractivity contribution is 1.05. The summed E-state index contributed by atoms with van der Waals surface area (Å²) in [6.45, 7) is 0.568. The third-order valence-corrected chi connectivity index (χ3v) is 4.19. The molecule has 0 amide bonds. The highest BCUT2D eigenvalue weighted by Crippen LogP contribution is 2.36. The Morgan fingerprint density at radius 1 is 1.24 bits per heavy atom. The van der Waals surface area contributed by atoms with E-state index in [1.165, 1.54) is 0 Å². The first-order valence-electron chi connectivity index (χ1n) is 6.38. The van der Waals surface area contributed by atoms with Crippen molar-refractivity contribution in [1.82, 2.24) is 9.97 Å². The number of anilines is 1. The highest BCUT2D eigenvalue weighted by Gasteiger charge is 2.12. The average molecular weight is 315 g/mol. The van der Waals surface area contributed by atoms with Crippen molar-refractivity contribution in [1.29, 1.82) is 5.26 Å². The van der Waals surface area contributed by atoms with Gasteiger partial charge in [-0.3, -0.25) is 0 Å². The maximum absolute atomic E-state index is 8.64. The fourth-order valence-corrected chi connectivity index (χ4v) is 3.13. The molecule has 2 heterocycles. The normalized spacial score (nSPS) is 10.5. The summed E-state index contributed by atoms with van der Waals surface area (Å²) in [5.41, 5.74) is 2.15. The van der Waals surface area contributed by atoms with Crippen molar-refractivity contribution in [2.24, 2.45) is 0 Å². The number of thiophene rings is 1. The minimum Gasteiger partial charge on any atom is -0.368 e. The zero-order valence-electron chi connectivity index (χ0n) is 11.0. The van der Waals surface area contributed by atoms with E-state index < -0.39 is 0 Å². The van der Waals surface area contributed by atoms with E-state index in [1.807, 2.05) is 24.3 Å². The minimum atomic E-state index is 0.436. The first-order valence-corrected chi connectivity index (χ1v) is 7.64. The second kappa shape index (κ2) is 6.08. The molecule has 6 heteroatoms. The molecular formula is C15H11ClN4S. The van der Waals surface area contributed by atoms with E-state index in [1.54, 1.807) is 17.7 Å². The number of nitriles is 1. The fourth-order valence-electron chi connectivity index (χ4n) is 2.09. The summed E-state index contributed by atoms with van der Waals surface area (Å²) in [7, 11) is 0. The number of nitrogens with zero attached hydrogens (tertiary/aromatic N) is 3. The lowest BCUT2D eigenvalue weighted by atomic mass is 10.1. The zero-order valence-corrected chi connectivity index (χ0v) is 12.6. The van der Waals surface area contributed by atoms with E-state index in [0.717, 1.165) is 27.2 Å². The summed E-state index contributed by atoms with van der Waals surface area (Å²) in [4.78, 5) is 9.54. The summed E-state index contributed by atoms with van der Waals surface area (Å²) in [6, 6.07) is 9.81. The molecule has 21 heavy (non-hydrogen) atoms. The number of rotatable bonds is 4. The summed E-state index contributed by atoms with van der Waals surface area (Å²) in [5.74, 6) is 0.765. The molecule has 0 radical (unpaired) electrons. The third kappa shape index (κ3) is 2.82. The monoisotopic (exact) mass is 314 g/mol. The van der Waals surface area contributed by atoms with Gasteiger partial charge in [-0.25, -0.2) is 9.97 Å². The Morgan fingerprint density at radius 3 is 2.81 bits per heavy atom. The number of fused-ring (bicyclic) bond motifs is 1. The molecule has 0 spiro atoms. The number of halogens is 1. The number of aromatic nitrogens is 2. The Hall–Kier alpha value is -2.16. The first-order chi connectivity index (χ1) is 10.3. The molecule has 0 bridgehead atoms. The van der Waals surface area contributed by atoms with E-state index in [-0.39, 0.29) is 0 Å². The van der Waals surface area contributed by atoms with Crippen LogP contribution in [0.25, 0.3) is 21.3 Å². The SMILES string of the molecule is N#CCCNc1ncnc2scc(-c3ccc(Cl)cc3)c12. The predicted molar refractivity (Wildman–Crippen MR) is 86.6 cm³/mol. The zero-order chi connectivity index (χ0) is 14.7. The second-order valence-electron chi connectivity index (χ2n) is 4.39. The fraction of sp³-hybridized carbons (Fsp3) is 0.133. The van der Waals surface area contributed by atoms with Gasteiger partial charge in [-0.1, -0.05) is 23.7 Å². The van der Waals surface area contributed by atoms with Crippen LogP contribution in [0, 0.1) is 11.3 Å². The van der Waals surface area contributed by atoms with E-state index in [2.05, 4.69) is 26.7 Å². The van der Waals surface area contributed by atoms with Crippen molar-refractivity contribution in [3.05, 3.63) is 41.0 Å². The Balaban J connectivity index is 2.07. The highest BCUT2D eigenvalue weighted by atomic mass is 35.5. The van der Waals surface area contributed by atoms with E-state index >= 15 is 0 Å². The lowest BCUT2D eigenvalue weighted by Crippen LogP contribution is -2.03. The number of hydrogen-bond donors (Lipinski definition) is 1. The van der Waals surface area contributed by atoms with Gasteiger partial charge in [0.15, 0.2) is 0 Å². The third-order valence-electron chi connectivity index (χ3n) is 3.05. The average Bonchev–Trinajstić information content (AvgIpc) is 2.93. The van der Waals surface area contributed by atoms with Gasteiger partial charge in [0.2, 0.25) is 0 Å². The van der Waals surface area contributed by atoms with Gasteiger partial charge in [0.1, 0.15) is 17.0 Å². The van der Waals surface area contributed by atoms with Crippen LogP contribution < -0.4 is 5.32 Å². The molecule has 1 N–H and O–H groups in total. The number of hydrogen-bond acceptors (Lipinski definition) is 5. The van der Waals surface area contributed by atoms with Gasteiger partial charge in [0, 0.05) is 22.5 Å². The minimum absolute atomic E-state index is 0.436. The largest absolute Gasteiger partial charge is 0.368 e. The van der Waals surface area contributed by atoms with E-state index in [0.29, 0.717) is 18.0 Å².